The fraction of sp³-hybridized carbons (Fsp3) is 0.615. The molecule has 90 valence electrons. The van der Waals surface area contributed by atoms with Crippen LogP contribution in [0.1, 0.15) is 27.2 Å². The summed E-state index contributed by atoms with van der Waals surface area (Å²) in [6.07, 6.45) is 4.35. The Kier molecular flexibility index (Phi) is 4.74. The minimum absolute atomic E-state index is 0.164. The lowest BCUT2D eigenvalue weighted by atomic mass is 9.85. The minimum atomic E-state index is 0.164. The van der Waals surface area contributed by atoms with Crippen molar-refractivity contribution in [3.8, 4) is 5.75 Å². The van der Waals surface area contributed by atoms with Crippen molar-refractivity contribution >= 4 is 0 Å². The Labute approximate surface area is 97.5 Å². The average molecular weight is 223 g/mol. The molecule has 0 radical (unpaired) electrons. The molecular formula is C13H21NO2. The molecule has 1 atom stereocenters. The van der Waals surface area contributed by atoms with Gasteiger partial charge in [-0.05, 0) is 24.0 Å². The summed E-state index contributed by atoms with van der Waals surface area (Å²) in [6.45, 7) is 7.20. The van der Waals surface area contributed by atoms with Crippen molar-refractivity contribution < 1.29 is 9.84 Å². The molecule has 1 rings (SSSR count). The minimum Gasteiger partial charge on any atom is -0.492 e. The fourth-order valence-electron chi connectivity index (χ4n) is 1.69. The van der Waals surface area contributed by atoms with E-state index in [2.05, 4.69) is 25.8 Å². The zero-order valence-corrected chi connectivity index (χ0v) is 10.3. The van der Waals surface area contributed by atoms with Gasteiger partial charge in [-0.2, -0.15) is 0 Å². The molecular weight excluding hydrogens is 202 g/mol. The highest BCUT2D eigenvalue weighted by atomic mass is 16.5. The third kappa shape index (κ3) is 5.12. The third-order valence-electron chi connectivity index (χ3n) is 2.28. The van der Waals surface area contributed by atoms with Crippen LogP contribution in [0, 0.1) is 11.3 Å². The summed E-state index contributed by atoms with van der Waals surface area (Å²) < 4.78 is 5.58. The molecule has 0 aliphatic heterocycles. The van der Waals surface area contributed by atoms with Crippen molar-refractivity contribution in [2.45, 2.75) is 27.2 Å². The van der Waals surface area contributed by atoms with Crippen LogP contribution in [-0.4, -0.2) is 23.3 Å². The van der Waals surface area contributed by atoms with Crippen LogP contribution >= 0.6 is 0 Å². The summed E-state index contributed by atoms with van der Waals surface area (Å²) in [4.78, 5) is 3.98. The first-order valence-corrected chi connectivity index (χ1v) is 5.65. The van der Waals surface area contributed by atoms with E-state index in [0.717, 1.165) is 12.2 Å². The Morgan fingerprint density at radius 1 is 1.44 bits per heavy atom. The van der Waals surface area contributed by atoms with E-state index < -0.39 is 0 Å². The highest BCUT2D eigenvalue weighted by Crippen LogP contribution is 2.24. The van der Waals surface area contributed by atoms with Crippen LogP contribution in [0.15, 0.2) is 24.5 Å². The fourth-order valence-corrected chi connectivity index (χ4v) is 1.69. The van der Waals surface area contributed by atoms with E-state index in [-0.39, 0.29) is 17.9 Å². The van der Waals surface area contributed by atoms with Crippen molar-refractivity contribution in [3.05, 3.63) is 24.5 Å². The first-order valence-electron chi connectivity index (χ1n) is 5.65. The SMILES string of the molecule is CC(C)(C)CC(CO)COc1cccnc1. The lowest BCUT2D eigenvalue weighted by Crippen LogP contribution is -2.22. The van der Waals surface area contributed by atoms with Crippen molar-refractivity contribution in [3.63, 3.8) is 0 Å². The van der Waals surface area contributed by atoms with E-state index in [1.54, 1.807) is 12.4 Å². The zero-order chi connectivity index (χ0) is 12.0. The number of aliphatic hydroxyl groups excluding tert-OH is 1. The summed E-state index contributed by atoms with van der Waals surface area (Å²) >= 11 is 0. The van der Waals surface area contributed by atoms with Gasteiger partial charge in [-0.15, -0.1) is 0 Å². The molecule has 1 N–H and O–H groups in total. The van der Waals surface area contributed by atoms with Crippen LogP contribution in [-0.2, 0) is 0 Å². The molecule has 0 amide bonds. The van der Waals surface area contributed by atoms with E-state index >= 15 is 0 Å². The molecule has 0 saturated heterocycles. The predicted octanol–water partition coefficient (Wildman–Crippen LogP) is 2.51. The molecule has 0 saturated carbocycles. The first-order chi connectivity index (χ1) is 7.51. The number of hydrogen-bond donors (Lipinski definition) is 1. The van der Waals surface area contributed by atoms with Crippen LogP contribution in [0.5, 0.6) is 5.75 Å². The van der Waals surface area contributed by atoms with Crippen LogP contribution in [0.25, 0.3) is 0 Å². The lowest BCUT2D eigenvalue weighted by Gasteiger charge is -2.24. The van der Waals surface area contributed by atoms with Gasteiger partial charge in [0, 0.05) is 18.7 Å². The Morgan fingerprint density at radius 3 is 2.69 bits per heavy atom. The molecule has 1 heterocycles. The second-order valence-corrected chi connectivity index (χ2v) is 5.31. The maximum Gasteiger partial charge on any atom is 0.137 e. The maximum atomic E-state index is 9.27. The molecule has 3 heteroatoms. The van der Waals surface area contributed by atoms with Gasteiger partial charge in [0.25, 0.3) is 0 Å². The number of pyridine rings is 1. The van der Waals surface area contributed by atoms with Gasteiger partial charge in [-0.25, -0.2) is 0 Å². The second kappa shape index (κ2) is 5.85. The van der Waals surface area contributed by atoms with Crippen LogP contribution in [0.3, 0.4) is 0 Å². The highest BCUT2D eigenvalue weighted by Gasteiger charge is 2.18. The average Bonchev–Trinajstić information content (AvgIpc) is 2.24. The highest BCUT2D eigenvalue weighted by molar-refractivity contribution is 5.15. The van der Waals surface area contributed by atoms with Gasteiger partial charge in [0.2, 0.25) is 0 Å². The van der Waals surface area contributed by atoms with Crippen molar-refractivity contribution in [2.24, 2.45) is 11.3 Å². The first kappa shape index (κ1) is 13.0. The number of ether oxygens (including phenoxy) is 1. The Bertz CT molecular complexity index is 293. The lowest BCUT2D eigenvalue weighted by molar-refractivity contribution is 0.126. The number of aromatic nitrogens is 1. The van der Waals surface area contributed by atoms with E-state index in [1.165, 1.54) is 0 Å². The molecule has 3 nitrogen and oxygen atoms in total. The monoisotopic (exact) mass is 223 g/mol. The molecule has 0 aromatic carbocycles. The van der Waals surface area contributed by atoms with Gasteiger partial charge in [0.05, 0.1) is 12.8 Å². The number of hydrogen-bond acceptors (Lipinski definition) is 3. The predicted molar refractivity (Wildman–Crippen MR) is 64.4 cm³/mol. The molecule has 1 aromatic rings. The molecule has 1 aromatic heterocycles. The Balaban J connectivity index is 2.40. The third-order valence-corrected chi connectivity index (χ3v) is 2.28. The molecule has 16 heavy (non-hydrogen) atoms. The number of nitrogens with zero attached hydrogens (tertiary/aromatic N) is 1. The number of rotatable bonds is 5. The topological polar surface area (TPSA) is 42.4 Å². The summed E-state index contributed by atoms with van der Waals surface area (Å²) in [7, 11) is 0. The molecule has 1 unspecified atom stereocenters. The standard InChI is InChI=1S/C13H21NO2/c1-13(2,3)7-11(9-15)10-16-12-5-4-6-14-8-12/h4-6,8,11,15H,7,9-10H2,1-3H3. The normalized spacial score (nSPS) is 13.5. The van der Waals surface area contributed by atoms with Gasteiger partial charge in [0.1, 0.15) is 5.75 Å². The van der Waals surface area contributed by atoms with E-state index in [9.17, 15) is 5.11 Å². The zero-order valence-electron chi connectivity index (χ0n) is 10.3. The maximum absolute atomic E-state index is 9.27. The van der Waals surface area contributed by atoms with Gasteiger partial charge >= 0.3 is 0 Å². The van der Waals surface area contributed by atoms with Gasteiger partial charge in [-0.3, -0.25) is 4.98 Å². The molecule has 0 aliphatic carbocycles. The van der Waals surface area contributed by atoms with Crippen molar-refractivity contribution in [2.75, 3.05) is 13.2 Å². The van der Waals surface area contributed by atoms with Crippen LogP contribution in [0.4, 0.5) is 0 Å². The largest absolute Gasteiger partial charge is 0.492 e. The van der Waals surface area contributed by atoms with E-state index in [4.69, 9.17) is 4.74 Å². The smallest absolute Gasteiger partial charge is 0.137 e. The summed E-state index contributed by atoms with van der Waals surface area (Å²) in [6, 6.07) is 3.71. The van der Waals surface area contributed by atoms with Gasteiger partial charge in [-0.1, -0.05) is 20.8 Å². The quantitative estimate of drug-likeness (QED) is 0.834. The second-order valence-electron chi connectivity index (χ2n) is 5.31. The Hall–Kier alpha value is -1.09. The van der Waals surface area contributed by atoms with E-state index in [0.29, 0.717) is 6.61 Å². The number of aliphatic hydroxyl groups is 1. The van der Waals surface area contributed by atoms with Gasteiger partial charge in [0.15, 0.2) is 0 Å². The molecule has 0 aliphatic rings. The van der Waals surface area contributed by atoms with E-state index in [1.807, 2.05) is 12.1 Å². The van der Waals surface area contributed by atoms with Crippen molar-refractivity contribution in [1.29, 1.82) is 0 Å². The summed E-state index contributed by atoms with van der Waals surface area (Å²) in [5, 5.41) is 9.27. The van der Waals surface area contributed by atoms with Crippen molar-refractivity contribution in [1.82, 2.24) is 4.98 Å². The summed E-state index contributed by atoms with van der Waals surface area (Å²) in [5.74, 6) is 0.940. The molecule has 0 bridgehead atoms. The van der Waals surface area contributed by atoms with Gasteiger partial charge < -0.3 is 9.84 Å². The molecule has 0 spiro atoms. The van der Waals surface area contributed by atoms with Crippen LogP contribution < -0.4 is 4.74 Å². The Morgan fingerprint density at radius 2 is 2.19 bits per heavy atom. The van der Waals surface area contributed by atoms with Crippen LogP contribution in [0.2, 0.25) is 0 Å². The summed E-state index contributed by atoms with van der Waals surface area (Å²) in [5.41, 5.74) is 0.214. The molecule has 0 fully saturated rings.